The van der Waals surface area contributed by atoms with Gasteiger partial charge in [-0.3, -0.25) is 0 Å². The normalized spacial score (nSPS) is 13.0. The minimum absolute atomic E-state index is 0. The number of thioether (sulfide) groups is 1. The molecule has 4 heteroatoms. The van der Waals surface area contributed by atoms with Crippen molar-refractivity contribution in [1.29, 1.82) is 0 Å². The molecule has 1 heterocycles. The van der Waals surface area contributed by atoms with Gasteiger partial charge in [0.25, 0.3) is 0 Å². The van der Waals surface area contributed by atoms with Gasteiger partial charge in [0, 0.05) is 26.6 Å². The summed E-state index contributed by atoms with van der Waals surface area (Å²) in [5.74, 6) is 1.42. The molecular formula is C17H26B2S2. The van der Waals surface area contributed by atoms with Gasteiger partial charge in [0.2, 0.25) is 0 Å². The lowest BCUT2D eigenvalue weighted by atomic mass is 10.0. The van der Waals surface area contributed by atoms with Crippen LogP contribution in [0.15, 0.2) is 34.8 Å². The Kier molecular flexibility index (Phi) is 12.3. The lowest BCUT2D eigenvalue weighted by molar-refractivity contribution is 0.752. The van der Waals surface area contributed by atoms with Gasteiger partial charge in [-0.2, -0.15) is 0 Å². The second kappa shape index (κ2) is 11.3. The van der Waals surface area contributed by atoms with Gasteiger partial charge in [-0.05, 0) is 48.5 Å². The Morgan fingerprint density at radius 2 is 1.62 bits per heavy atom. The monoisotopic (exact) mass is 316 g/mol. The molecule has 1 aromatic rings. The molecule has 0 bridgehead atoms. The van der Waals surface area contributed by atoms with Gasteiger partial charge in [0.05, 0.1) is 0 Å². The van der Waals surface area contributed by atoms with Crippen LogP contribution in [0.1, 0.15) is 49.8 Å². The van der Waals surface area contributed by atoms with Crippen LogP contribution in [0.3, 0.4) is 0 Å². The quantitative estimate of drug-likeness (QED) is 0.651. The summed E-state index contributed by atoms with van der Waals surface area (Å²) in [4.78, 5) is 4.41. The van der Waals surface area contributed by atoms with Gasteiger partial charge in [-0.25, -0.2) is 0 Å². The van der Waals surface area contributed by atoms with Crippen LogP contribution in [0, 0.1) is 12.8 Å². The zero-order valence-electron chi connectivity index (χ0n) is 14.1. The maximum atomic E-state index is 2.26. The second-order valence-electron chi connectivity index (χ2n) is 5.51. The van der Waals surface area contributed by atoms with Crippen molar-refractivity contribution in [3.05, 3.63) is 44.5 Å². The van der Waals surface area contributed by atoms with E-state index in [4.69, 9.17) is 0 Å². The maximum absolute atomic E-state index is 2.26. The van der Waals surface area contributed by atoms with Crippen molar-refractivity contribution in [1.82, 2.24) is 0 Å². The predicted octanol–water partition coefficient (Wildman–Crippen LogP) is 5.64. The van der Waals surface area contributed by atoms with E-state index in [9.17, 15) is 0 Å². The molecule has 0 saturated heterocycles. The highest BCUT2D eigenvalue weighted by atomic mass is 32.2. The Bertz CT molecular complexity index is 457. The number of allylic oxidation sites excluding steroid dienone is 4. The summed E-state index contributed by atoms with van der Waals surface area (Å²) in [7, 11) is 0. The number of rotatable bonds is 3. The molecule has 0 fully saturated rings. The fourth-order valence-electron chi connectivity index (χ4n) is 1.82. The first kappa shape index (κ1) is 22.9. The Balaban J connectivity index is 0. The number of aryl methyl sites for hydroxylation is 1. The Labute approximate surface area is 143 Å². The second-order valence-corrected chi connectivity index (χ2v) is 7.77. The summed E-state index contributed by atoms with van der Waals surface area (Å²) in [6.45, 7) is 11.1. The van der Waals surface area contributed by atoms with Gasteiger partial charge in [-0.1, -0.05) is 45.4 Å². The van der Waals surface area contributed by atoms with Crippen LogP contribution in [0.4, 0.5) is 0 Å². The van der Waals surface area contributed by atoms with E-state index < -0.39 is 0 Å². The Hall–Kier alpha value is -0.340. The van der Waals surface area contributed by atoms with E-state index in [1.165, 1.54) is 21.1 Å². The van der Waals surface area contributed by atoms with Crippen LogP contribution in [-0.2, 0) is 0 Å². The molecule has 0 atom stereocenters. The summed E-state index contributed by atoms with van der Waals surface area (Å²) < 4.78 is 0. The highest BCUT2D eigenvalue weighted by molar-refractivity contribution is 8.02. The largest absolute Gasteiger partial charge is 0.145 e. The molecule has 0 aliphatic heterocycles. The van der Waals surface area contributed by atoms with Gasteiger partial charge in [0.15, 0.2) is 0 Å². The first-order valence-electron chi connectivity index (χ1n) is 6.94. The molecule has 2 rings (SSSR count). The summed E-state index contributed by atoms with van der Waals surface area (Å²) >= 11 is 3.76. The van der Waals surface area contributed by atoms with Gasteiger partial charge in [0.1, 0.15) is 0 Å². The lowest BCUT2D eigenvalue weighted by Crippen LogP contribution is -1.90. The molecular weight excluding hydrogens is 290 g/mol. The average Bonchev–Trinajstić information content (AvgIpc) is 2.97. The smallest absolute Gasteiger partial charge is 0.00735 e. The van der Waals surface area contributed by atoms with Crippen molar-refractivity contribution in [2.75, 3.05) is 6.26 Å². The first-order valence-corrected chi connectivity index (χ1v) is 8.98. The molecule has 0 amide bonds. The van der Waals surface area contributed by atoms with Gasteiger partial charge < -0.3 is 0 Å². The molecule has 0 N–H and O–H groups in total. The van der Waals surface area contributed by atoms with Gasteiger partial charge in [-0.15, -0.1) is 23.1 Å². The van der Waals surface area contributed by atoms with Crippen LogP contribution in [0.5, 0.6) is 0 Å². The van der Waals surface area contributed by atoms with Crippen LogP contribution >= 0.6 is 23.1 Å². The zero-order valence-corrected chi connectivity index (χ0v) is 15.8. The predicted molar refractivity (Wildman–Crippen MR) is 104 cm³/mol. The van der Waals surface area contributed by atoms with Crippen molar-refractivity contribution in [2.24, 2.45) is 5.92 Å². The van der Waals surface area contributed by atoms with E-state index in [0.29, 0.717) is 5.92 Å². The first-order chi connectivity index (χ1) is 8.93. The average molecular weight is 316 g/mol. The van der Waals surface area contributed by atoms with Crippen molar-refractivity contribution >= 4 is 39.9 Å². The molecule has 1 aliphatic rings. The molecule has 0 unspecified atom stereocenters. The molecule has 112 valence electrons. The van der Waals surface area contributed by atoms with E-state index >= 15 is 0 Å². The van der Waals surface area contributed by atoms with Crippen molar-refractivity contribution in [3.8, 4) is 0 Å². The fourth-order valence-corrected chi connectivity index (χ4v) is 3.21. The Morgan fingerprint density at radius 1 is 1.00 bits per heavy atom. The van der Waals surface area contributed by atoms with Gasteiger partial charge >= 0.3 is 0 Å². The Morgan fingerprint density at radius 3 is 1.86 bits per heavy atom. The highest BCUT2D eigenvalue weighted by Crippen LogP contribution is 2.30. The van der Waals surface area contributed by atoms with E-state index in [2.05, 4.69) is 65.2 Å². The molecule has 0 aromatic carbocycles. The summed E-state index contributed by atoms with van der Waals surface area (Å²) in [5, 5.41) is 0. The van der Waals surface area contributed by atoms with E-state index in [1.807, 2.05) is 23.1 Å². The van der Waals surface area contributed by atoms with Crippen LogP contribution in [0.2, 0.25) is 0 Å². The molecule has 0 nitrogen and oxygen atoms in total. The summed E-state index contributed by atoms with van der Waals surface area (Å²) in [5.41, 5.74) is 1.57. The van der Waals surface area contributed by atoms with Crippen molar-refractivity contribution < 1.29 is 0 Å². The molecule has 0 spiro atoms. The number of hydrogen-bond donors (Lipinski definition) is 0. The minimum Gasteiger partial charge on any atom is -0.145 e. The summed E-state index contributed by atoms with van der Waals surface area (Å²) in [6.07, 6.45) is 7.83. The third-order valence-electron chi connectivity index (χ3n) is 3.20. The van der Waals surface area contributed by atoms with E-state index in [-0.39, 0.29) is 16.8 Å². The van der Waals surface area contributed by atoms with Crippen molar-refractivity contribution in [3.63, 3.8) is 0 Å². The SMILES string of the molecule is CSC1=CC=C(C(C)C)C1.Cc1ccc(C(C)C)s1.[B].[B]. The van der Waals surface area contributed by atoms with Crippen molar-refractivity contribution in [2.45, 2.75) is 47.0 Å². The third-order valence-corrected chi connectivity index (χ3v) is 5.30. The number of thiophene rings is 1. The number of hydrogen-bond acceptors (Lipinski definition) is 2. The molecule has 21 heavy (non-hydrogen) atoms. The molecule has 6 radical (unpaired) electrons. The molecule has 0 saturated carbocycles. The zero-order chi connectivity index (χ0) is 14.4. The topological polar surface area (TPSA) is 0 Å². The molecule has 1 aliphatic carbocycles. The van der Waals surface area contributed by atoms with Crippen LogP contribution in [-0.4, -0.2) is 23.1 Å². The summed E-state index contributed by atoms with van der Waals surface area (Å²) in [6, 6.07) is 4.39. The van der Waals surface area contributed by atoms with Crippen LogP contribution in [0.25, 0.3) is 0 Å². The minimum atomic E-state index is 0. The van der Waals surface area contributed by atoms with E-state index in [0.717, 1.165) is 5.92 Å². The third kappa shape index (κ3) is 8.01. The van der Waals surface area contributed by atoms with Crippen LogP contribution < -0.4 is 0 Å². The standard InChI is InChI=1S/C9H14S.C8H12S.2B/c1-7(2)8-4-5-9(6-8)10-3;1-6(2)8-5-4-7(3)9-8;;/h4-5,7H,6H2,1-3H3;4-6H,1-3H3;;. The molecule has 1 aromatic heterocycles. The fraction of sp³-hybridized carbons (Fsp3) is 0.529. The lowest BCUT2D eigenvalue weighted by Gasteiger charge is -2.05. The van der Waals surface area contributed by atoms with E-state index in [1.54, 1.807) is 5.57 Å². The maximum Gasteiger partial charge on any atom is 0.00735 e. The highest BCUT2D eigenvalue weighted by Gasteiger charge is 2.09.